The summed E-state index contributed by atoms with van der Waals surface area (Å²) < 4.78 is 11.8. The molecule has 0 spiro atoms. The van der Waals surface area contributed by atoms with Crippen LogP contribution in [-0.4, -0.2) is 7.11 Å². The maximum Gasteiger partial charge on any atom is 0.142 e. The van der Waals surface area contributed by atoms with Gasteiger partial charge in [0.15, 0.2) is 0 Å². The van der Waals surface area contributed by atoms with E-state index in [0.717, 1.165) is 14.4 Å². The average Bonchev–Trinajstić information content (AvgIpc) is 2.73. The van der Waals surface area contributed by atoms with Gasteiger partial charge >= 0.3 is 0 Å². The van der Waals surface area contributed by atoms with Crippen LogP contribution in [0.15, 0.2) is 34.1 Å². The van der Waals surface area contributed by atoms with Gasteiger partial charge in [0.1, 0.15) is 18.1 Å². The van der Waals surface area contributed by atoms with Gasteiger partial charge in [-0.3, -0.25) is 0 Å². The van der Waals surface area contributed by atoms with Gasteiger partial charge in [-0.15, -0.1) is 11.3 Å². The summed E-state index contributed by atoms with van der Waals surface area (Å²) in [6.45, 7) is 0.544. The highest BCUT2D eigenvalue weighted by molar-refractivity contribution is 9.11. The molecule has 2 rings (SSSR count). The third kappa shape index (κ3) is 3.14. The molecule has 0 radical (unpaired) electrons. The van der Waals surface area contributed by atoms with Crippen molar-refractivity contribution in [3.05, 3.63) is 39.0 Å². The van der Waals surface area contributed by atoms with Crippen LogP contribution in [0.3, 0.4) is 0 Å². The van der Waals surface area contributed by atoms with E-state index in [9.17, 15) is 0 Å². The number of anilines is 1. The number of nitrogens with two attached hydrogens (primary N) is 1. The van der Waals surface area contributed by atoms with Crippen molar-refractivity contribution in [3.8, 4) is 11.5 Å². The second-order valence-electron chi connectivity index (χ2n) is 3.40. The van der Waals surface area contributed by atoms with E-state index in [1.54, 1.807) is 30.6 Å². The van der Waals surface area contributed by atoms with Crippen LogP contribution in [0.1, 0.15) is 4.88 Å². The first-order valence-corrected chi connectivity index (χ1v) is 6.60. The van der Waals surface area contributed by atoms with Crippen molar-refractivity contribution in [2.24, 2.45) is 0 Å². The Hall–Kier alpha value is -1.20. The average molecular weight is 314 g/mol. The summed E-state index contributed by atoms with van der Waals surface area (Å²) in [5.74, 6) is 1.41. The second kappa shape index (κ2) is 5.42. The van der Waals surface area contributed by atoms with Gasteiger partial charge in [-0.05, 0) is 40.2 Å². The van der Waals surface area contributed by atoms with Crippen LogP contribution in [-0.2, 0) is 6.61 Å². The van der Waals surface area contributed by atoms with E-state index in [0.29, 0.717) is 18.0 Å². The second-order valence-corrected chi connectivity index (χ2v) is 5.95. The summed E-state index contributed by atoms with van der Waals surface area (Å²) in [5.41, 5.74) is 6.38. The molecule has 0 amide bonds. The number of hydrogen-bond donors (Lipinski definition) is 1. The first-order chi connectivity index (χ1) is 8.19. The molecule has 0 aliphatic heterocycles. The molecule has 0 aliphatic rings. The molecule has 0 fully saturated rings. The zero-order valence-corrected chi connectivity index (χ0v) is 11.7. The Kier molecular flexibility index (Phi) is 3.91. The van der Waals surface area contributed by atoms with Crippen LogP contribution in [0.2, 0.25) is 0 Å². The van der Waals surface area contributed by atoms with Crippen LogP contribution in [0.4, 0.5) is 5.69 Å². The lowest BCUT2D eigenvalue weighted by atomic mass is 10.3. The van der Waals surface area contributed by atoms with Gasteiger partial charge in [0.2, 0.25) is 0 Å². The Labute approximate surface area is 112 Å². The molecule has 0 unspecified atom stereocenters. The van der Waals surface area contributed by atoms with Gasteiger partial charge in [-0.25, -0.2) is 0 Å². The normalized spacial score (nSPS) is 10.2. The molecule has 0 saturated carbocycles. The van der Waals surface area contributed by atoms with Gasteiger partial charge in [0.25, 0.3) is 0 Å². The lowest BCUT2D eigenvalue weighted by Gasteiger charge is -2.08. The predicted molar refractivity (Wildman–Crippen MR) is 73.8 cm³/mol. The Bertz CT molecular complexity index is 513. The molecule has 2 N–H and O–H groups in total. The molecule has 1 aromatic carbocycles. The van der Waals surface area contributed by atoms with Crippen molar-refractivity contribution in [1.82, 2.24) is 0 Å². The van der Waals surface area contributed by atoms with E-state index in [2.05, 4.69) is 15.9 Å². The number of nitrogen functional groups attached to an aromatic ring is 1. The minimum Gasteiger partial charge on any atom is -0.495 e. The van der Waals surface area contributed by atoms with Gasteiger partial charge < -0.3 is 15.2 Å². The Morgan fingerprint density at radius 2 is 2.12 bits per heavy atom. The maximum absolute atomic E-state index is 5.80. The standard InChI is InChI=1S/C12H12BrNO2S/c1-15-11-4-2-8(6-10(11)14)16-7-9-3-5-12(13)17-9/h2-6H,7,14H2,1H3. The Morgan fingerprint density at radius 3 is 2.71 bits per heavy atom. The summed E-state index contributed by atoms with van der Waals surface area (Å²) >= 11 is 5.07. The van der Waals surface area contributed by atoms with Crippen molar-refractivity contribution >= 4 is 33.0 Å². The molecule has 0 aliphatic carbocycles. The van der Waals surface area contributed by atoms with E-state index in [1.165, 1.54) is 0 Å². The molecule has 0 atom stereocenters. The van der Waals surface area contributed by atoms with E-state index < -0.39 is 0 Å². The SMILES string of the molecule is COc1ccc(OCc2ccc(Br)s2)cc1N. The van der Waals surface area contributed by atoms with Crippen molar-refractivity contribution in [2.45, 2.75) is 6.61 Å². The van der Waals surface area contributed by atoms with Gasteiger partial charge in [-0.2, -0.15) is 0 Å². The van der Waals surface area contributed by atoms with Crippen LogP contribution in [0, 0.1) is 0 Å². The molecule has 1 heterocycles. The highest BCUT2D eigenvalue weighted by atomic mass is 79.9. The van der Waals surface area contributed by atoms with Gasteiger partial charge in [-0.1, -0.05) is 0 Å². The minimum absolute atomic E-state index is 0.544. The lowest BCUT2D eigenvalue weighted by molar-refractivity contribution is 0.309. The molecule has 90 valence electrons. The summed E-state index contributed by atoms with van der Waals surface area (Å²) in [4.78, 5) is 1.16. The van der Waals surface area contributed by atoms with E-state index in [4.69, 9.17) is 15.2 Å². The molecule has 0 bridgehead atoms. The van der Waals surface area contributed by atoms with Crippen molar-refractivity contribution in [3.63, 3.8) is 0 Å². The van der Waals surface area contributed by atoms with Crippen molar-refractivity contribution in [1.29, 1.82) is 0 Å². The van der Waals surface area contributed by atoms with Crippen molar-refractivity contribution in [2.75, 3.05) is 12.8 Å². The molecular weight excluding hydrogens is 302 g/mol. The molecule has 5 heteroatoms. The number of halogens is 1. The molecule has 3 nitrogen and oxygen atoms in total. The fourth-order valence-electron chi connectivity index (χ4n) is 1.39. The topological polar surface area (TPSA) is 44.5 Å². The predicted octanol–water partition coefficient (Wildman–Crippen LogP) is 3.68. The fraction of sp³-hybridized carbons (Fsp3) is 0.167. The Balaban J connectivity index is 2.02. The molecule has 2 aromatic rings. The first kappa shape index (κ1) is 12.3. The number of rotatable bonds is 4. The van der Waals surface area contributed by atoms with Crippen LogP contribution >= 0.6 is 27.3 Å². The Morgan fingerprint density at radius 1 is 1.29 bits per heavy atom. The highest BCUT2D eigenvalue weighted by Crippen LogP contribution is 2.28. The van der Waals surface area contributed by atoms with Crippen molar-refractivity contribution < 1.29 is 9.47 Å². The molecule has 17 heavy (non-hydrogen) atoms. The summed E-state index contributed by atoms with van der Waals surface area (Å²) in [6, 6.07) is 9.45. The summed E-state index contributed by atoms with van der Waals surface area (Å²) in [7, 11) is 1.59. The largest absolute Gasteiger partial charge is 0.495 e. The van der Waals surface area contributed by atoms with E-state index in [1.807, 2.05) is 18.2 Å². The monoisotopic (exact) mass is 313 g/mol. The molecular formula is C12H12BrNO2S. The zero-order chi connectivity index (χ0) is 12.3. The van der Waals surface area contributed by atoms with E-state index >= 15 is 0 Å². The number of thiophene rings is 1. The third-order valence-corrected chi connectivity index (χ3v) is 3.81. The summed E-state index contributed by atoms with van der Waals surface area (Å²) in [5, 5.41) is 0. The smallest absolute Gasteiger partial charge is 0.142 e. The lowest BCUT2D eigenvalue weighted by Crippen LogP contribution is -1.96. The number of methoxy groups -OCH3 is 1. The van der Waals surface area contributed by atoms with E-state index in [-0.39, 0.29) is 0 Å². The van der Waals surface area contributed by atoms with Gasteiger partial charge in [0.05, 0.1) is 16.6 Å². The summed E-state index contributed by atoms with van der Waals surface area (Å²) in [6.07, 6.45) is 0. The van der Waals surface area contributed by atoms with Crippen LogP contribution < -0.4 is 15.2 Å². The van der Waals surface area contributed by atoms with Crippen LogP contribution in [0.5, 0.6) is 11.5 Å². The molecule has 1 aromatic heterocycles. The number of hydrogen-bond acceptors (Lipinski definition) is 4. The molecule has 0 saturated heterocycles. The fourth-order valence-corrected chi connectivity index (χ4v) is 2.78. The van der Waals surface area contributed by atoms with Gasteiger partial charge in [0, 0.05) is 10.9 Å². The minimum atomic E-state index is 0.544. The number of ether oxygens (including phenoxy) is 2. The first-order valence-electron chi connectivity index (χ1n) is 4.99. The zero-order valence-electron chi connectivity index (χ0n) is 9.27. The quantitative estimate of drug-likeness (QED) is 0.876. The maximum atomic E-state index is 5.80. The van der Waals surface area contributed by atoms with Crippen LogP contribution in [0.25, 0.3) is 0 Å². The third-order valence-electron chi connectivity index (χ3n) is 2.21. The number of benzene rings is 1. The highest BCUT2D eigenvalue weighted by Gasteiger charge is 2.03.